The van der Waals surface area contributed by atoms with Crippen molar-refractivity contribution in [1.82, 2.24) is 15.6 Å². The van der Waals surface area contributed by atoms with Crippen LogP contribution in [0.3, 0.4) is 0 Å². The van der Waals surface area contributed by atoms with Crippen LogP contribution in [0.4, 0.5) is 5.82 Å². The number of anilines is 1. The van der Waals surface area contributed by atoms with Crippen molar-refractivity contribution in [2.24, 2.45) is 5.92 Å². The highest BCUT2D eigenvalue weighted by Crippen LogP contribution is 2.04. The normalized spacial score (nSPS) is 11.8. The number of amides is 2. The molecule has 3 N–H and O–H groups in total. The predicted molar refractivity (Wildman–Crippen MR) is 78.6 cm³/mol. The maximum absolute atomic E-state index is 11.9. The first-order valence-electron chi connectivity index (χ1n) is 6.66. The van der Waals surface area contributed by atoms with Crippen LogP contribution in [-0.2, 0) is 4.79 Å². The van der Waals surface area contributed by atoms with Gasteiger partial charge in [-0.05, 0) is 25.0 Å². The molecule has 1 aromatic heterocycles. The Kier molecular flexibility index (Phi) is 5.96. The predicted octanol–water partition coefficient (Wildman–Crippen LogP) is 1.01. The second-order valence-electron chi connectivity index (χ2n) is 5.02. The largest absolute Gasteiger partial charge is 0.373 e. The van der Waals surface area contributed by atoms with Crippen LogP contribution in [0.1, 0.15) is 31.1 Å². The number of carbonyl (C=O) groups excluding carboxylic acids is 2. The second-order valence-corrected chi connectivity index (χ2v) is 5.02. The fraction of sp³-hybridized carbons (Fsp3) is 0.500. The minimum absolute atomic E-state index is 0.188. The Morgan fingerprint density at radius 3 is 2.45 bits per heavy atom. The van der Waals surface area contributed by atoms with Crippen molar-refractivity contribution >= 4 is 17.6 Å². The summed E-state index contributed by atoms with van der Waals surface area (Å²) in [6.45, 7) is 6.28. The second kappa shape index (κ2) is 7.47. The van der Waals surface area contributed by atoms with Crippen LogP contribution < -0.4 is 16.0 Å². The molecule has 0 aromatic carbocycles. The molecule has 20 heavy (non-hydrogen) atoms. The van der Waals surface area contributed by atoms with Crippen molar-refractivity contribution in [3.63, 3.8) is 0 Å². The Morgan fingerprint density at radius 2 is 1.95 bits per heavy atom. The van der Waals surface area contributed by atoms with Gasteiger partial charge in [-0.1, -0.05) is 13.8 Å². The number of hydrogen-bond donors (Lipinski definition) is 3. The van der Waals surface area contributed by atoms with Crippen LogP contribution in [0.2, 0.25) is 0 Å². The van der Waals surface area contributed by atoms with Gasteiger partial charge in [0.2, 0.25) is 5.91 Å². The average Bonchev–Trinajstić information content (AvgIpc) is 2.44. The highest BCUT2D eigenvalue weighted by Gasteiger charge is 2.16. The quantitative estimate of drug-likeness (QED) is 0.725. The summed E-state index contributed by atoms with van der Waals surface area (Å²) in [6.07, 6.45) is 1.47. The zero-order chi connectivity index (χ0) is 15.1. The molecular formula is C14H22N4O2. The van der Waals surface area contributed by atoms with E-state index in [1.54, 1.807) is 26.1 Å². The molecule has 6 nitrogen and oxygen atoms in total. The Labute approximate surface area is 119 Å². The van der Waals surface area contributed by atoms with Crippen LogP contribution in [0.15, 0.2) is 18.3 Å². The lowest BCUT2D eigenvalue weighted by atomic mass is 10.2. The van der Waals surface area contributed by atoms with Gasteiger partial charge in [0.05, 0.1) is 5.56 Å². The molecule has 0 radical (unpaired) electrons. The number of nitrogens with one attached hydrogen (secondary N) is 3. The first kappa shape index (κ1) is 15.9. The number of hydrogen-bond acceptors (Lipinski definition) is 4. The van der Waals surface area contributed by atoms with E-state index in [0.29, 0.717) is 23.8 Å². The zero-order valence-corrected chi connectivity index (χ0v) is 12.4. The smallest absolute Gasteiger partial charge is 0.253 e. The summed E-state index contributed by atoms with van der Waals surface area (Å²) in [5.41, 5.74) is 0.424. The van der Waals surface area contributed by atoms with E-state index in [9.17, 15) is 9.59 Å². The van der Waals surface area contributed by atoms with Crippen LogP contribution in [-0.4, -0.2) is 36.4 Å². The third-order valence-electron chi connectivity index (χ3n) is 2.71. The molecule has 1 atom stereocenters. The fourth-order valence-electron chi connectivity index (χ4n) is 1.48. The molecule has 0 fully saturated rings. The molecule has 0 aliphatic rings. The van der Waals surface area contributed by atoms with Gasteiger partial charge in [-0.15, -0.1) is 0 Å². The first-order valence-corrected chi connectivity index (χ1v) is 6.66. The molecule has 110 valence electrons. The topological polar surface area (TPSA) is 83.1 Å². The van der Waals surface area contributed by atoms with E-state index < -0.39 is 6.04 Å². The Bertz CT molecular complexity index is 457. The Balaban J connectivity index is 2.53. The molecule has 0 aliphatic carbocycles. The molecule has 1 aromatic rings. The van der Waals surface area contributed by atoms with E-state index >= 15 is 0 Å². The summed E-state index contributed by atoms with van der Waals surface area (Å²) in [5, 5.41) is 8.30. The number of pyridine rings is 1. The molecule has 6 heteroatoms. The van der Waals surface area contributed by atoms with Gasteiger partial charge in [0, 0.05) is 19.8 Å². The van der Waals surface area contributed by atoms with Crippen LogP contribution in [0, 0.1) is 5.92 Å². The zero-order valence-electron chi connectivity index (χ0n) is 12.4. The SMILES string of the molecule is CNc1ccc(C(=O)NC(C)C(=O)NCC(C)C)cn1. The number of rotatable bonds is 6. The van der Waals surface area contributed by atoms with Gasteiger partial charge in [0.15, 0.2) is 0 Å². The van der Waals surface area contributed by atoms with E-state index in [-0.39, 0.29) is 11.8 Å². The molecule has 0 aliphatic heterocycles. The highest BCUT2D eigenvalue weighted by atomic mass is 16.2. The minimum atomic E-state index is -0.578. The molecule has 1 unspecified atom stereocenters. The van der Waals surface area contributed by atoms with E-state index in [4.69, 9.17) is 0 Å². The third-order valence-corrected chi connectivity index (χ3v) is 2.71. The number of aromatic nitrogens is 1. The maximum atomic E-state index is 11.9. The van der Waals surface area contributed by atoms with E-state index in [2.05, 4.69) is 20.9 Å². The molecule has 0 spiro atoms. The van der Waals surface area contributed by atoms with Crippen LogP contribution >= 0.6 is 0 Å². The summed E-state index contributed by atoms with van der Waals surface area (Å²) in [5.74, 6) is 0.559. The lowest BCUT2D eigenvalue weighted by molar-refractivity contribution is -0.122. The number of carbonyl (C=O) groups is 2. The van der Waals surface area contributed by atoms with E-state index in [1.165, 1.54) is 6.20 Å². The minimum Gasteiger partial charge on any atom is -0.373 e. The summed E-state index contributed by atoms with van der Waals surface area (Å²) in [6, 6.07) is 2.79. The standard InChI is InChI=1S/C14H22N4O2/c1-9(2)7-17-13(19)10(3)18-14(20)11-5-6-12(15-4)16-8-11/h5-6,8-10H,7H2,1-4H3,(H,15,16)(H,17,19)(H,18,20). The van der Waals surface area contributed by atoms with E-state index in [0.717, 1.165) is 0 Å². The van der Waals surface area contributed by atoms with Crippen molar-refractivity contribution in [3.05, 3.63) is 23.9 Å². The molecule has 0 saturated heterocycles. The maximum Gasteiger partial charge on any atom is 0.253 e. The van der Waals surface area contributed by atoms with Crippen molar-refractivity contribution in [2.45, 2.75) is 26.8 Å². The summed E-state index contributed by atoms with van der Waals surface area (Å²) in [4.78, 5) is 27.8. The lowest BCUT2D eigenvalue weighted by Gasteiger charge is -2.15. The van der Waals surface area contributed by atoms with Gasteiger partial charge in [-0.3, -0.25) is 9.59 Å². The van der Waals surface area contributed by atoms with Gasteiger partial charge >= 0.3 is 0 Å². The van der Waals surface area contributed by atoms with Gasteiger partial charge < -0.3 is 16.0 Å². The molecule has 0 saturated carbocycles. The van der Waals surface area contributed by atoms with Crippen molar-refractivity contribution < 1.29 is 9.59 Å². The fourth-order valence-corrected chi connectivity index (χ4v) is 1.48. The lowest BCUT2D eigenvalue weighted by Crippen LogP contribution is -2.45. The van der Waals surface area contributed by atoms with Crippen LogP contribution in [0.5, 0.6) is 0 Å². The van der Waals surface area contributed by atoms with Crippen molar-refractivity contribution in [2.75, 3.05) is 18.9 Å². The van der Waals surface area contributed by atoms with Crippen molar-refractivity contribution in [1.29, 1.82) is 0 Å². The molecule has 1 rings (SSSR count). The van der Waals surface area contributed by atoms with Gasteiger partial charge in [-0.2, -0.15) is 0 Å². The van der Waals surface area contributed by atoms with Gasteiger partial charge in [-0.25, -0.2) is 4.98 Å². The summed E-state index contributed by atoms with van der Waals surface area (Å²) >= 11 is 0. The molecule has 1 heterocycles. The molecular weight excluding hydrogens is 256 g/mol. The first-order chi connectivity index (χ1) is 9.43. The van der Waals surface area contributed by atoms with Crippen molar-refractivity contribution in [3.8, 4) is 0 Å². The number of nitrogens with zero attached hydrogens (tertiary/aromatic N) is 1. The summed E-state index contributed by atoms with van der Waals surface area (Å²) in [7, 11) is 1.75. The third kappa shape index (κ3) is 4.87. The van der Waals surface area contributed by atoms with Gasteiger partial charge in [0.25, 0.3) is 5.91 Å². The highest BCUT2D eigenvalue weighted by molar-refractivity contribution is 5.97. The monoisotopic (exact) mass is 278 g/mol. The molecule has 2 amide bonds. The van der Waals surface area contributed by atoms with Crippen LogP contribution in [0.25, 0.3) is 0 Å². The Morgan fingerprint density at radius 1 is 1.25 bits per heavy atom. The average molecular weight is 278 g/mol. The molecule has 0 bridgehead atoms. The van der Waals surface area contributed by atoms with E-state index in [1.807, 2.05) is 13.8 Å². The summed E-state index contributed by atoms with van der Waals surface area (Å²) < 4.78 is 0. The Hall–Kier alpha value is -2.11. The van der Waals surface area contributed by atoms with Gasteiger partial charge in [0.1, 0.15) is 11.9 Å².